The first-order chi connectivity index (χ1) is 9.17. The lowest BCUT2D eigenvalue weighted by Crippen LogP contribution is -2.21. The number of hydrogen-bond acceptors (Lipinski definition) is 2. The summed E-state index contributed by atoms with van der Waals surface area (Å²) >= 11 is 0. The Labute approximate surface area is 112 Å². The highest BCUT2D eigenvalue weighted by molar-refractivity contribution is 5.32. The van der Waals surface area contributed by atoms with Crippen LogP contribution in [0.3, 0.4) is 0 Å². The van der Waals surface area contributed by atoms with Crippen molar-refractivity contribution in [2.24, 2.45) is 5.92 Å². The molecule has 1 aromatic carbocycles. The van der Waals surface area contributed by atoms with Gasteiger partial charge in [-0.15, -0.1) is 0 Å². The van der Waals surface area contributed by atoms with Gasteiger partial charge in [0.05, 0.1) is 19.8 Å². The second-order valence-electron chi connectivity index (χ2n) is 5.04. The molecule has 0 spiro atoms. The van der Waals surface area contributed by atoms with Gasteiger partial charge in [0.15, 0.2) is 11.6 Å². The minimum atomic E-state index is -0.931. The van der Waals surface area contributed by atoms with E-state index in [0.29, 0.717) is 18.1 Å². The number of methoxy groups -OCH3 is 1. The van der Waals surface area contributed by atoms with Gasteiger partial charge in [-0.1, -0.05) is 13.3 Å². The van der Waals surface area contributed by atoms with Crippen molar-refractivity contribution >= 4 is 0 Å². The number of rotatable bonds is 4. The number of hydrogen-bond donors (Lipinski definition) is 0. The summed E-state index contributed by atoms with van der Waals surface area (Å²) in [5.74, 6) is -1.30. The topological polar surface area (TPSA) is 18.5 Å². The van der Waals surface area contributed by atoms with Crippen molar-refractivity contribution in [1.82, 2.24) is 0 Å². The van der Waals surface area contributed by atoms with E-state index in [-0.39, 0.29) is 11.9 Å². The zero-order chi connectivity index (χ0) is 13.8. The first-order valence-electron chi connectivity index (χ1n) is 6.80. The molecule has 0 saturated carbocycles. The van der Waals surface area contributed by atoms with Gasteiger partial charge in [0, 0.05) is 5.56 Å². The zero-order valence-corrected chi connectivity index (χ0v) is 11.4. The second kappa shape index (κ2) is 6.33. The minimum Gasteiger partial charge on any atom is -0.494 e. The van der Waals surface area contributed by atoms with Crippen molar-refractivity contribution in [3.05, 3.63) is 29.3 Å². The van der Waals surface area contributed by atoms with Gasteiger partial charge in [0.1, 0.15) is 0 Å². The van der Waals surface area contributed by atoms with E-state index in [0.717, 1.165) is 25.7 Å². The lowest BCUT2D eigenvalue weighted by Gasteiger charge is -2.29. The number of ether oxygens (including phenoxy) is 2. The van der Waals surface area contributed by atoms with Gasteiger partial charge in [-0.05, 0) is 37.3 Å². The predicted octanol–water partition coefficient (Wildman–Crippen LogP) is 4.24. The van der Waals surface area contributed by atoms with Crippen LogP contribution in [-0.4, -0.2) is 13.7 Å². The summed E-state index contributed by atoms with van der Waals surface area (Å²) in [7, 11) is 1.32. The fraction of sp³-hybridized carbons (Fsp3) is 0.600. The lowest BCUT2D eigenvalue weighted by atomic mass is 9.91. The Bertz CT molecular complexity index is 426. The van der Waals surface area contributed by atoms with E-state index < -0.39 is 11.6 Å². The van der Waals surface area contributed by atoms with E-state index in [4.69, 9.17) is 9.47 Å². The SMILES string of the molecule is CCCC1CCC(c2ccc(OC)c(F)c2F)OC1. The van der Waals surface area contributed by atoms with Crippen LogP contribution >= 0.6 is 0 Å². The third kappa shape index (κ3) is 3.06. The Morgan fingerprint density at radius 1 is 1.26 bits per heavy atom. The van der Waals surface area contributed by atoms with Gasteiger partial charge < -0.3 is 9.47 Å². The average Bonchev–Trinajstić information content (AvgIpc) is 2.43. The van der Waals surface area contributed by atoms with Gasteiger partial charge in [0.25, 0.3) is 0 Å². The second-order valence-corrected chi connectivity index (χ2v) is 5.04. The van der Waals surface area contributed by atoms with Crippen molar-refractivity contribution in [2.45, 2.75) is 38.7 Å². The van der Waals surface area contributed by atoms with Crippen LogP contribution in [0.1, 0.15) is 44.3 Å². The van der Waals surface area contributed by atoms with Gasteiger partial charge in [0.2, 0.25) is 5.82 Å². The summed E-state index contributed by atoms with van der Waals surface area (Å²) < 4.78 is 38.1. The summed E-state index contributed by atoms with van der Waals surface area (Å²) in [5.41, 5.74) is 0.299. The lowest BCUT2D eigenvalue weighted by molar-refractivity contribution is -0.0215. The van der Waals surface area contributed by atoms with Crippen molar-refractivity contribution in [3.63, 3.8) is 0 Å². The quantitative estimate of drug-likeness (QED) is 0.814. The molecule has 2 unspecified atom stereocenters. The highest BCUT2D eigenvalue weighted by atomic mass is 19.2. The molecule has 4 heteroatoms. The molecule has 2 rings (SSSR count). The maximum absolute atomic E-state index is 13.9. The molecule has 106 valence electrons. The molecule has 2 atom stereocenters. The van der Waals surface area contributed by atoms with Crippen LogP contribution in [0.25, 0.3) is 0 Å². The maximum atomic E-state index is 13.9. The van der Waals surface area contributed by atoms with Crippen LogP contribution in [0.15, 0.2) is 12.1 Å². The Kier molecular flexibility index (Phi) is 4.75. The molecule has 1 aromatic rings. The Morgan fingerprint density at radius 2 is 2.05 bits per heavy atom. The monoisotopic (exact) mass is 270 g/mol. The van der Waals surface area contributed by atoms with E-state index in [1.165, 1.54) is 13.2 Å². The predicted molar refractivity (Wildman–Crippen MR) is 69.2 cm³/mol. The third-order valence-electron chi connectivity index (χ3n) is 3.71. The molecule has 1 aliphatic heterocycles. The van der Waals surface area contributed by atoms with Crippen molar-refractivity contribution < 1.29 is 18.3 Å². The smallest absolute Gasteiger partial charge is 0.200 e. The molecular weight excluding hydrogens is 250 g/mol. The Hall–Kier alpha value is -1.16. The summed E-state index contributed by atoms with van der Waals surface area (Å²) in [6.45, 7) is 2.77. The van der Waals surface area contributed by atoms with E-state index in [1.54, 1.807) is 6.07 Å². The molecule has 0 aromatic heterocycles. The van der Waals surface area contributed by atoms with Crippen LogP contribution in [0, 0.1) is 17.6 Å². The third-order valence-corrected chi connectivity index (χ3v) is 3.71. The molecule has 0 bridgehead atoms. The van der Waals surface area contributed by atoms with Crippen molar-refractivity contribution in [3.8, 4) is 5.75 Å². The molecule has 1 heterocycles. The first kappa shape index (κ1) is 14.3. The Morgan fingerprint density at radius 3 is 2.63 bits per heavy atom. The van der Waals surface area contributed by atoms with Gasteiger partial charge in [-0.3, -0.25) is 0 Å². The van der Waals surface area contributed by atoms with E-state index in [9.17, 15) is 8.78 Å². The van der Waals surface area contributed by atoms with Gasteiger partial charge in [-0.25, -0.2) is 4.39 Å². The standard InChI is InChI=1S/C15H20F2O2/c1-3-4-10-5-7-12(19-9-10)11-6-8-13(18-2)15(17)14(11)16/h6,8,10,12H,3-5,7,9H2,1-2H3. The normalized spacial score (nSPS) is 23.4. The molecule has 0 amide bonds. The Balaban J connectivity index is 2.09. The van der Waals surface area contributed by atoms with Gasteiger partial charge in [-0.2, -0.15) is 4.39 Å². The molecule has 19 heavy (non-hydrogen) atoms. The molecule has 1 aliphatic rings. The molecule has 0 radical (unpaired) electrons. The summed E-state index contributed by atoms with van der Waals surface area (Å²) in [6, 6.07) is 3.01. The van der Waals surface area contributed by atoms with E-state index in [1.807, 2.05) is 0 Å². The van der Waals surface area contributed by atoms with Crippen LogP contribution in [0.4, 0.5) is 8.78 Å². The van der Waals surface area contributed by atoms with Crippen LogP contribution in [0.5, 0.6) is 5.75 Å². The molecule has 1 saturated heterocycles. The largest absolute Gasteiger partial charge is 0.494 e. The van der Waals surface area contributed by atoms with Crippen LogP contribution in [0.2, 0.25) is 0 Å². The van der Waals surface area contributed by atoms with Crippen LogP contribution < -0.4 is 4.74 Å². The van der Waals surface area contributed by atoms with Gasteiger partial charge >= 0.3 is 0 Å². The molecule has 1 fully saturated rings. The fourth-order valence-electron chi connectivity index (χ4n) is 2.64. The minimum absolute atomic E-state index is 0.0686. The molecule has 0 aliphatic carbocycles. The fourth-order valence-corrected chi connectivity index (χ4v) is 2.64. The first-order valence-corrected chi connectivity index (χ1v) is 6.80. The van der Waals surface area contributed by atoms with E-state index in [2.05, 4.69) is 6.92 Å². The molecule has 2 nitrogen and oxygen atoms in total. The van der Waals surface area contributed by atoms with Crippen LogP contribution in [-0.2, 0) is 4.74 Å². The van der Waals surface area contributed by atoms with E-state index >= 15 is 0 Å². The molecular formula is C15H20F2O2. The molecule has 0 N–H and O–H groups in total. The number of halogens is 2. The summed E-state index contributed by atoms with van der Waals surface area (Å²) in [5, 5.41) is 0. The van der Waals surface area contributed by atoms with Crippen molar-refractivity contribution in [1.29, 1.82) is 0 Å². The zero-order valence-electron chi connectivity index (χ0n) is 11.4. The number of benzene rings is 1. The van der Waals surface area contributed by atoms with Crippen molar-refractivity contribution in [2.75, 3.05) is 13.7 Å². The highest BCUT2D eigenvalue weighted by Gasteiger charge is 2.26. The highest BCUT2D eigenvalue weighted by Crippen LogP contribution is 2.35. The summed E-state index contributed by atoms with van der Waals surface area (Å²) in [6.07, 6.45) is 3.67. The maximum Gasteiger partial charge on any atom is 0.200 e. The summed E-state index contributed by atoms with van der Waals surface area (Å²) in [4.78, 5) is 0. The average molecular weight is 270 g/mol.